The Hall–Kier alpha value is -1.02. The van der Waals surface area contributed by atoms with Crippen LogP contribution in [0.4, 0.5) is 5.69 Å². The Morgan fingerprint density at radius 2 is 1.75 bits per heavy atom. The predicted octanol–water partition coefficient (Wildman–Crippen LogP) is 4.13. The minimum absolute atomic E-state index is 0.749. The van der Waals surface area contributed by atoms with Crippen LogP contribution in [0.3, 0.4) is 0 Å². The van der Waals surface area contributed by atoms with E-state index in [1.165, 1.54) is 36.9 Å². The standard InChI is InChI=1S/C18H28N2/c1-3-20(4-2)13-14-6-5-7-17(12-14)19-18(15-8-9-15)16-10-11-16/h5-7,12,15-16,18-19H,3-4,8-11,13H2,1-2H3. The molecule has 0 heterocycles. The first kappa shape index (κ1) is 13.9. The number of hydrogen-bond donors (Lipinski definition) is 1. The Labute approximate surface area is 123 Å². The molecule has 2 fully saturated rings. The minimum atomic E-state index is 0.749. The SMILES string of the molecule is CCN(CC)Cc1cccc(NC(C2CC2)C2CC2)c1. The molecule has 0 spiro atoms. The van der Waals surface area contributed by atoms with E-state index < -0.39 is 0 Å². The Morgan fingerprint density at radius 3 is 2.30 bits per heavy atom. The van der Waals surface area contributed by atoms with Gasteiger partial charge in [-0.15, -0.1) is 0 Å². The molecule has 2 heteroatoms. The highest BCUT2D eigenvalue weighted by atomic mass is 15.1. The van der Waals surface area contributed by atoms with E-state index in [1.54, 1.807) is 0 Å². The van der Waals surface area contributed by atoms with Crippen molar-refractivity contribution in [2.75, 3.05) is 18.4 Å². The average Bonchev–Trinajstić information content (AvgIpc) is 3.36. The molecule has 1 aromatic rings. The zero-order valence-electron chi connectivity index (χ0n) is 12.9. The molecule has 2 nitrogen and oxygen atoms in total. The summed E-state index contributed by atoms with van der Waals surface area (Å²) in [6, 6.07) is 9.81. The molecule has 0 unspecified atom stereocenters. The number of nitrogens with one attached hydrogen (secondary N) is 1. The zero-order valence-corrected chi connectivity index (χ0v) is 12.9. The summed E-state index contributed by atoms with van der Waals surface area (Å²) in [5.41, 5.74) is 2.77. The van der Waals surface area contributed by atoms with Crippen molar-refractivity contribution in [2.24, 2.45) is 11.8 Å². The van der Waals surface area contributed by atoms with Crippen molar-refractivity contribution in [1.82, 2.24) is 4.90 Å². The smallest absolute Gasteiger partial charge is 0.0345 e. The van der Waals surface area contributed by atoms with E-state index in [1.807, 2.05) is 0 Å². The molecule has 0 amide bonds. The zero-order chi connectivity index (χ0) is 13.9. The van der Waals surface area contributed by atoms with E-state index >= 15 is 0 Å². The van der Waals surface area contributed by atoms with E-state index in [4.69, 9.17) is 0 Å². The van der Waals surface area contributed by atoms with Gasteiger partial charge < -0.3 is 5.32 Å². The first-order chi connectivity index (χ1) is 9.80. The fourth-order valence-electron chi connectivity index (χ4n) is 3.19. The molecule has 0 radical (unpaired) electrons. The van der Waals surface area contributed by atoms with Gasteiger partial charge in [-0.3, -0.25) is 4.90 Å². The van der Waals surface area contributed by atoms with E-state index in [0.29, 0.717) is 0 Å². The van der Waals surface area contributed by atoms with Gasteiger partial charge in [0.05, 0.1) is 0 Å². The predicted molar refractivity (Wildman–Crippen MR) is 85.9 cm³/mol. The number of rotatable bonds is 8. The number of benzene rings is 1. The van der Waals surface area contributed by atoms with Gasteiger partial charge in [0.2, 0.25) is 0 Å². The van der Waals surface area contributed by atoms with Gasteiger partial charge in [0, 0.05) is 18.3 Å². The maximum Gasteiger partial charge on any atom is 0.0345 e. The molecule has 110 valence electrons. The normalized spacial score (nSPS) is 18.8. The van der Waals surface area contributed by atoms with Crippen LogP contribution >= 0.6 is 0 Å². The summed E-state index contributed by atoms with van der Waals surface area (Å²) < 4.78 is 0. The molecule has 20 heavy (non-hydrogen) atoms. The van der Waals surface area contributed by atoms with Crippen molar-refractivity contribution >= 4 is 5.69 Å². The highest BCUT2D eigenvalue weighted by molar-refractivity contribution is 5.47. The van der Waals surface area contributed by atoms with Crippen LogP contribution in [0.15, 0.2) is 24.3 Å². The molecule has 1 aromatic carbocycles. The molecule has 0 aromatic heterocycles. The van der Waals surface area contributed by atoms with Crippen LogP contribution < -0.4 is 5.32 Å². The van der Waals surface area contributed by atoms with Crippen molar-refractivity contribution in [3.8, 4) is 0 Å². The van der Waals surface area contributed by atoms with E-state index in [-0.39, 0.29) is 0 Å². The number of hydrogen-bond acceptors (Lipinski definition) is 2. The second-order valence-electron chi connectivity index (χ2n) is 6.51. The van der Waals surface area contributed by atoms with Gasteiger partial charge in [-0.1, -0.05) is 26.0 Å². The third-order valence-corrected chi connectivity index (χ3v) is 4.82. The maximum atomic E-state index is 3.83. The van der Waals surface area contributed by atoms with Gasteiger partial charge in [0.1, 0.15) is 0 Å². The largest absolute Gasteiger partial charge is 0.382 e. The Morgan fingerprint density at radius 1 is 1.10 bits per heavy atom. The third-order valence-electron chi connectivity index (χ3n) is 4.82. The molecule has 1 N–H and O–H groups in total. The van der Waals surface area contributed by atoms with Crippen LogP contribution in [-0.2, 0) is 6.54 Å². The van der Waals surface area contributed by atoms with Crippen LogP contribution in [0.1, 0.15) is 45.1 Å². The van der Waals surface area contributed by atoms with Gasteiger partial charge in [-0.2, -0.15) is 0 Å². The molecule has 0 aliphatic heterocycles. The summed E-state index contributed by atoms with van der Waals surface area (Å²) in [5.74, 6) is 1.91. The Balaban J connectivity index is 1.64. The molecule has 0 saturated heterocycles. The van der Waals surface area contributed by atoms with Crippen molar-refractivity contribution in [1.29, 1.82) is 0 Å². The van der Waals surface area contributed by atoms with E-state index in [0.717, 1.165) is 37.5 Å². The summed E-state index contributed by atoms with van der Waals surface area (Å²) in [7, 11) is 0. The van der Waals surface area contributed by atoms with Crippen molar-refractivity contribution in [3.63, 3.8) is 0 Å². The first-order valence-electron chi connectivity index (χ1n) is 8.38. The van der Waals surface area contributed by atoms with Crippen molar-refractivity contribution in [2.45, 2.75) is 52.1 Å². The topological polar surface area (TPSA) is 15.3 Å². The fraction of sp³-hybridized carbons (Fsp3) is 0.667. The van der Waals surface area contributed by atoms with Crippen molar-refractivity contribution < 1.29 is 0 Å². The summed E-state index contributed by atoms with van der Waals surface area (Å²) in [6.45, 7) is 7.80. The molecular weight excluding hydrogens is 244 g/mol. The lowest BCUT2D eigenvalue weighted by Gasteiger charge is -2.21. The van der Waals surface area contributed by atoms with Gasteiger partial charge in [0.25, 0.3) is 0 Å². The lowest BCUT2D eigenvalue weighted by molar-refractivity contribution is 0.296. The molecule has 0 atom stereocenters. The summed E-state index contributed by atoms with van der Waals surface area (Å²) in [6.07, 6.45) is 5.75. The van der Waals surface area contributed by atoms with Crippen LogP contribution in [-0.4, -0.2) is 24.0 Å². The van der Waals surface area contributed by atoms with Gasteiger partial charge in [0.15, 0.2) is 0 Å². The summed E-state index contributed by atoms with van der Waals surface area (Å²) in [5, 5.41) is 3.83. The highest BCUT2D eigenvalue weighted by Gasteiger charge is 2.41. The average molecular weight is 272 g/mol. The second kappa shape index (κ2) is 6.17. The minimum Gasteiger partial charge on any atom is -0.382 e. The Kier molecular flexibility index (Phi) is 4.30. The quantitative estimate of drug-likeness (QED) is 0.765. The summed E-state index contributed by atoms with van der Waals surface area (Å²) >= 11 is 0. The van der Waals surface area contributed by atoms with Gasteiger partial charge in [-0.05, 0) is 68.3 Å². The fourth-order valence-corrected chi connectivity index (χ4v) is 3.19. The van der Waals surface area contributed by atoms with Gasteiger partial charge in [-0.25, -0.2) is 0 Å². The van der Waals surface area contributed by atoms with Crippen molar-refractivity contribution in [3.05, 3.63) is 29.8 Å². The lowest BCUT2D eigenvalue weighted by atomic mass is 10.1. The summed E-state index contributed by atoms with van der Waals surface area (Å²) in [4.78, 5) is 2.47. The first-order valence-corrected chi connectivity index (χ1v) is 8.38. The number of anilines is 1. The van der Waals surface area contributed by atoms with E-state index in [9.17, 15) is 0 Å². The van der Waals surface area contributed by atoms with Crippen LogP contribution in [0.25, 0.3) is 0 Å². The van der Waals surface area contributed by atoms with Crippen LogP contribution in [0.2, 0.25) is 0 Å². The molecule has 2 aliphatic carbocycles. The highest BCUT2D eigenvalue weighted by Crippen LogP contribution is 2.45. The lowest BCUT2D eigenvalue weighted by Crippen LogP contribution is -2.25. The van der Waals surface area contributed by atoms with Crippen LogP contribution in [0.5, 0.6) is 0 Å². The van der Waals surface area contributed by atoms with Crippen LogP contribution in [0, 0.1) is 11.8 Å². The molecule has 2 aliphatic rings. The molecule has 0 bridgehead atoms. The van der Waals surface area contributed by atoms with E-state index in [2.05, 4.69) is 48.3 Å². The van der Waals surface area contributed by atoms with Gasteiger partial charge >= 0.3 is 0 Å². The third kappa shape index (κ3) is 3.54. The molecule has 2 saturated carbocycles. The monoisotopic (exact) mass is 272 g/mol. The maximum absolute atomic E-state index is 3.83. The molecule has 3 rings (SSSR count). The number of nitrogens with zero attached hydrogens (tertiary/aromatic N) is 1. The second-order valence-corrected chi connectivity index (χ2v) is 6.51. The Bertz CT molecular complexity index is 419. The molecular formula is C18H28N2.